The first-order valence-electron chi connectivity index (χ1n) is 5.58. The standard InChI is InChI=1S/C12H14N4OS/c1-3-15-9-6-4-5-7-10(9)16(12(15)17)11(14)18-8(2)13/h4-7,13-14H,3H2,1-2H3. The molecule has 0 aliphatic carbocycles. The number of nitrogens with zero attached hydrogens (tertiary/aromatic N) is 2. The fraction of sp³-hybridized carbons (Fsp3) is 0.250. The lowest BCUT2D eigenvalue weighted by atomic mass is 10.3. The number of benzene rings is 1. The molecule has 0 saturated heterocycles. The number of imidazole rings is 1. The Morgan fingerprint density at radius 2 is 1.89 bits per heavy atom. The molecule has 0 fully saturated rings. The Bertz CT molecular complexity index is 683. The van der Waals surface area contributed by atoms with Crippen LogP contribution in [-0.4, -0.2) is 19.3 Å². The second-order valence-electron chi connectivity index (χ2n) is 3.81. The number of para-hydroxylation sites is 2. The first-order chi connectivity index (χ1) is 8.56. The van der Waals surface area contributed by atoms with Crippen molar-refractivity contribution < 1.29 is 0 Å². The average molecular weight is 262 g/mol. The number of aryl methyl sites for hydroxylation is 1. The van der Waals surface area contributed by atoms with E-state index >= 15 is 0 Å². The van der Waals surface area contributed by atoms with Crippen LogP contribution in [0.2, 0.25) is 0 Å². The van der Waals surface area contributed by atoms with Gasteiger partial charge in [0.1, 0.15) is 0 Å². The summed E-state index contributed by atoms with van der Waals surface area (Å²) in [5.41, 5.74) is 1.30. The van der Waals surface area contributed by atoms with E-state index in [-0.39, 0.29) is 10.9 Å². The summed E-state index contributed by atoms with van der Waals surface area (Å²) in [5, 5.41) is 15.7. The van der Waals surface area contributed by atoms with Crippen LogP contribution in [0.4, 0.5) is 0 Å². The molecule has 0 bridgehead atoms. The van der Waals surface area contributed by atoms with Crippen LogP contribution in [0.1, 0.15) is 13.8 Å². The summed E-state index contributed by atoms with van der Waals surface area (Å²) in [6.45, 7) is 4.06. The fourth-order valence-electron chi connectivity index (χ4n) is 1.90. The Balaban J connectivity index is 2.71. The van der Waals surface area contributed by atoms with E-state index in [1.165, 1.54) is 4.57 Å². The largest absolute Gasteiger partial charge is 0.335 e. The molecule has 18 heavy (non-hydrogen) atoms. The van der Waals surface area contributed by atoms with Gasteiger partial charge in [0.2, 0.25) is 0 Å². The van der Waals surface area contributed by atoms with Crippen molar-refractivity contribution in [3.63, 3.8) is 0 Å². The summed E-state index contributed by atoms with van der Waals surface area (Å²) < 4.78 is 2.98. The highest BCUT2D eigenvalue weighted by Gasteiger charge is 2.15. The van der Waals surface area contributed by atoms with E-state index < -0.39 is 0 Å². The van der Waals surface area contributed by atoms with Crippen molar-refractivity contribution in [3.8, 4) is 0 Å². The third kappa shape index (κ3) is 1.99. The van der Waals surface area contributed by atoms with Crippen LogP contribution in [0.5, 0.6) is 0 Å². The molecule has 2 rings (SSSR count). The highest BCUT2D eigenvalue weighted by Crippen LogP contribution is 2.15. The van der Waals surface area contributed by atoms with Gasteiger partial charge in [0, 0.05) is 6.54 Å². The maximum absolute atomic E-state index is 12.2. The molecule has 2 N–H and O–H groups in total. The van der Waals surface area contributed by atoms with Gasteiger partial charge in [-0.05, 0) is 37.7 Å². The quantitative estimate of drug-likeness (QED) is 0.611. The molecule has 94 valence electrons. The first kappa shape index (κ1) is 12.6. The number of nitrogens with one attached hydrogen (secondary N) is 2. The minimum absolute atomic E-state index is 0.0656. The van der Waals surface area contributed by atoms with Gasteiger partial charge in [-0.15, -0.1) is 0 Å². The molecule has 1 aromatic heterocycles. The van der Waals surface area contributed by atoms with E-state index in [9.17, 15) is 4.79 Å². The molecule has 0 atom stereocenters. The van der Waals surface area contributed by atoms with Crippen LogP contribution < -0.4 is 5.69 Å². The normalized spacial score (nSPS) is 10.8. The molecule has 0 saturated carbocycles. The summed E-state index contributed by atoms with van der Waals surface area (Å²) in [5.74, 6) is 0. The maximum atomic E-state index is 12.2. The van der Waals surface area contributed by atoms with Crippen molar-refractivity contribution in [2.45, 2.75) is 20.4 Å². The molecular formula is C12H14N4OS. The zero-order chi connectivity index (χ0) is 13.3. The molecule has 5 nitrogen and oxygen atoms in total. The molecular weight excluding hydrogens is 248 g/mol. The lowest BCUT2D eigenvalue weighted by Gasteiger charge is -2.02. The van der Waals surface area contributed by atoms with Crippen molar-refractivity contribution >= 4 is 33.0 Å². The van der Waals surface area contributed by atoms with Crippen molar-refractivity contribution in [1.82, 2.24) is 9.13 Å². The third-order valence-electron chi connectivity index (χ3n) is 2.60. The fourth-order valence-corrected chi connectivity index (χ4v) is 2.46. The zero-order valence-electron chi connectivity index (χ0n) is 10.2. The van der Waals surface area contributed by atoms with Gasteiger partial charge in [0.05, 0.1) is 16.1 Å². The molecule has 1 aromatic carbocycles. The molecule has 0 radical (unpaired) electrons. The van der Waals surface area contributed by atoms with E-state index in [0.717, 1.165) is 17.3 Å². The highest BCUT2D eigenvalue weighted by molar-refractivity contribution is 8.26. The van der Waals surface area contributed by atoms with E-state index in [2.05, 4.69) is 0 Å². The molecule has 1 heterocycles. The van der Waals surface area contributed by atoms with Gasteiger partial charge in [0.15, 0.2) is 5.17 Å². The third-order valence-corrected chi connectivity index (χ3v) is 3.29. The Labute approximate surface area is 108 Å². The molecule has 0 unspecified atom stereocenters. The molecule has 0 aliphatic heterocycles. The average Bonchev–Trinajstić information content (AvgIpc) is 2.59. The number of fused-ring (bicyclic) bond motifs is 1. The van der Waals surface area contributed by atoms with E-state index in [4.69, 9.17) is 10.8 Å². The minimum atomic E-state index is -0.225. The van der Waals surface area contributed by atoms with E-state index in [1.807, 2.05) is 31.2 Å². The van der Waals surface area contributed by atoms with Crippen LogP contribution in [0, 0.1) is 10.8 Å². The van der Waals surface area contributed by atoms with E-state index in [1.54, 1.807) is 11.5 Å². The molecule has 0 amide bonds. The Kier molecular flexibility index (Phi) is 3.38. The topological polar surface area (TPSA) is 74.6 Å². The van der Waals surface area contributed by atoms with Crippen LogP contribution in [-0.2, 0) is 6.54 Å². The van der Waals surface area contributed by atoms with Crippen LogP contribution in [0.25, 0.3) is 11.0 Å². The van der Waals surface area contributed by atoms with Gasteiger partial charge < -0.3 is 0 Å². The minimum Gasteiger partial charge on any atom is -0.298 e. The number of hydrogen-bond donors (Lipinski definition) is 2. The second kappa shape index (κ2) is 4.81. The molecule has 6 heteroatoms. The predicted molar refractivity (Wildman–Crippen MR) is 76.0 cm³/mol. The second-order valence-corrected chi connectivity index (χ2v) is 5.02. The lowest BCUT2D eigenvalue weighted by Crippen LogP contribution is -2.27. The Morgan fingerprint density at radius 3 is 2.44 bits per heavy atom. The summed E-state index contributed by atoms with van der Waals surface area (Å²) in [6.07, 6.45) is 0. The van der Waals surface area contributed by atoms with Gasteiger partial charge in [-0.25, -0.2) is 9.36 Å². The number of aromatic nitrogens is 2. The van der Waals surface area contributed by atoms with Gasteiger partial charge in [-0.3, -0.25) is 15.4 Å². The number of thioether (sulfide) groups is 1. The van der Waals surface area contributed by atoms with Gasteiger partial charge in [-0.2, -0.15) is 0 Å². The predicted octanol–water partition coefficient (Wildman–Crippen LogP) is 2.34. The summed E-state index contributed by atoms with van der Waals surface area (Å²) in [4.78, 5) is 12.2. The highest BCUT2D eigenvalue weighted by atomic mass is 32.2. The Morgan fingerprint density at radius 1 is 1.28 bits per heavy atom. The van der Waals surface area contributed by atoms with Gasteiger partial charge in [0.25, 0.3) is 0 Å². The van der Waals surface area contributed by atoms with Gasteiger partial charge >= 0.3 is 5.69 Å². The van der Waals surface area contributed by atoms with Crippen LogP contribution in [0.15, 0.2) is 29.1 Å². The zero-order valence-corrected chi connectivity index (χ0v) is 11.0. The van der Waals surface area contributed by atoms with Crippen molar-refractivity contribution in [3.05, 3.63) is 34.7 Å². The van der Waals surface area contributed by atoms with E-state index in [0.29, 0.717) is 17.1 Å². The summed E-state index contributed by atoms with van der Waals surface area (Å²) in [7, 11) is 0. The molecule has 0 spiro atoms. The maximum Gasteiger partial charge on any atom is 0.335 e. The molecule has 2 aromatic rings. The van der Waals surface area contributed by atoms with Gasteiger partial charge in [-0.1, -0.05) is 12.1 Å². The molecule has 0 aliphatic rings. The smallest absolute Gasteiger partial charge is 0.298 e. The van der Waals surface area contributed by atoms with Crippen LogP contribution in [0.3, 0.4) is 0 Å². The summed E-state index contributed by atoms with van der Waals surface area (Å²) in [6, 6.07) is 7.40. The van der Waals surface area contributed by atoms with Crippen molar-refractivity contribution in [2.75, 3.05) is 0 Å². The monoisotopic (exact) mass is 262 g/mol. The first-order valence-corrected chi connectivity index (χ1v) is 6.40. The lowest BCUT2D eigenvalue weighted by molar-refractivity contribution is 0.741. The number of rotatable bonds is 1. The van der Waals surface area contributed by atoms with Crippen molar-refractivity contribution in [2.24, 2.45) is 0 Å². The van der Waals surface area contributed by atoms with Crippen molar-refractivity contribution in [1.29, 1.82) is 10.8 Å². The summed E-state index contributed by atoms with van der Waals surface area (Å²) >= 11 is 0.977. The Hall–Kier alpha value is -1.82. The van der Waals surface area contributed by atoms with Crippen LogP contribution >= 0.6 is 11.8 Å². The number of hydrogen-bond acceptors (Lipinski definition) is 4. The SMILES string of the molecule is CCn1c(=O)n(C(=N)SC(C)=N)c2ccccc21.